The van der Waals surface area contributed by atoms with Gasteiger partial charge in [-0.2, -0.15) is 0 Å². The van der Waals surface area contributed by atoms with Crippen molar-refractivity contribution in [1.82, 2.24) is 4.90 Å². The number of benzene rings is 1. The van der Waals surface area contributed by atoms with E-state index >= 15 is 0 Å². The molecule has 1 N–H and O–H groups in total. The number of carboxylic acids is 1. The van der Waals surface area contributed by atoms with Gasteiger partial charge >= 0.3 is 5.97 Å². The lowest BCUT2D eigenvalue weighted by atomic mass is 9.98. The summed E-state index contributed by atoms with van der Waals surface area (Å²) < 4.78 is 0. The highest BCUT2D eigenvalue weighted by Gasteiger charge is 2.27. The van der Waals surface area contributed by atoms with Crippen molar-refractivity contribution in [2.24, 2.45) is 5.92 Å². The topological polar surface area (TPSA) is 57.6 Å². The lowest BCUT2D eigenvalue weighted by Crippen LogP contribution is -2.43. The Morgan fingerprint density at radius 2 is 2.15 bits per heavy atom. The second-order valence-electron chi connectivity index (χ2n) is 4.74. The van der Waals surface area contributed by atoms with Crippen LogP contribution in [0, 0.1) is 5.92 Å². The molecule has 0 radical (unpaired) electrons. The van der Waals surface area contributed by atoms with Gasteiger partial charge in [-0.3, -0.25) is 9.59 Å². The van der Waals surface area contributed by atoms with Gasteiger partial charge in [-0.15, -0.1) is 11.8 Å². The summed E-state index contributed by atoms with van der Waals surface area (Å²) in [6, 6.07) is 7.38. The molecule has 4 nitrogen and oxygen atoms in total. The number of likely N-dealkylation sites (tertiary alicyclic amines) is 1. The number of halogens is 1. The van der Waals surface area contributed by atoms with Gasteiger partial charge in [-0.25, -0.2) is 0 Å². The Morgan fingerprint density at radius 3 is 2.85 bits per heavy atom. The molecule has 0 aliphatic carbocycles. The molecule has 0 aromatic heterocycles. The molecule has 1 saturated heterocycles. The van der Waals surface area contributed by atoms with E-state index in [4.69, 9.17) is 16.7 Å². The number of carbonyl (C=O) groups is 2. The predicted molar refractivity (Wildman–Crippen MR) is 79.1 cm³/mol. The van der Waals surface area contributed by atoms with E-state index in [0.717, 1.165) is 11.3 Å². The third-order valence-corrected chi connectivity index (χ3v) is 4.81. The fraction of sp³-hybridized carbons (Fsp3) is 0.429. The van der Waals surface area contributed by atoms with Crippen molar-refractivity contribution in [2.75, 3.05) is 18.8 Å². The molecule has 6 heteroatoms. The van der Waals surface area contributed by atoms with Gasteiger partial charge in [-0.05, 0) is 25.0 Å². The molecule has 0 saturated carbocycles. The normalized spacial score (nSPS) is 18.9. The maximum absolute atomic E-state index is 12.1. The number of thioether (sulfide) groups is 1. The lowest BCUT2D eigenvalue weighted by Gasteiger charge is -2.30. The summed E-state index contributed by atoms with van der Waals surface area (Å²) in [7, 11) is 0. The number of carboxylic acid groups (broad SMARTS) is 1. The monoisotopic (exact) mass is 313 g/mol. The van der Waals surface area contributed by atoms with E-state index in [-0.39, 0.29) is 11.7 Å². The van der Waals surface area contributed by atoms with Gasteiger partial charge in [-0.1, -0.05) is 23.7 Å². The summed E-state index contributed by atoms with van der Waals surface area (Å²) in [6.45, 7) is 0.961. The first kappa shape index (κ1) is 15.2. The van der Waals surface area contributed by atoms with Crippen molar-refractivity contribution < 1.29 is 14.7 Å². The zero-order chi connectivity index (χ0) is 14.5. The van der Waals surface area contributed by atoms with E-state index in [2.05, 4.69) is 0 Å². The Morgan fingerprint density at radius 1 is 1.40 bits per heavy atom. The predicted octanol–water partition coefficient (Wildman–Crippen LogP) is 2.76. The van der Waals surface area contributed by atoms with Crippen LogP contribution in [0.5, 0.6) is 0 Å². The van der Waals surface area contributed by atoms with Crippen molar-refractivity contribution in [3.05, 3.63) is 29.3 Å². The molecule has 1 aliphatic heterocycles. The van der Waals surface area contributed by atoms with Crippen LogP contribution in [0.25, 0.3) is 0 Å². The molecular weight excluding hydrogens is 298 g/mol. The van der Waals surface area contributed by atoms with Crippen LogP contribution in [0.15, 0.2) is 29.2 Å². The Balaban J connectivity index is 1.89. The zero-order valence-corrected chi connectivity index (χ0v) is 12.5. The minimum atomic E-state index is -0.818. The fourth-order valence-corrected chi connectivity index (χ4v) is 3.34. The average Bonchev–Trinajstić information content (AvgIpc) is 2.46. The van der Waals surface area contributed by atoms with Crippen molar-refractivity contribution in [3.8, 4) is 0 Å². The second-order valence-corrected chi connectivity index (χ2v) is 6.16. The number of rotatable bonds is 4. The Kier molecular flexibility index (Phi) is 5.31. The molecule has 2 rings (SSSR count). The molecule has 0 spiro atoms. The van der Waals surface area contributed by atoms with E-state index in [9.17, 15) is 9.59 Å². The maximum atomic E-state index is 12.1. The van der Waals surface area contributed by atoms with Crippen LogP contribution in [0.4, 0.5) is 0 Å². The van der Waals surface area contributed by atoms with E-state index < -0.39 is 11.9 Å². The largest absolute Gasteiger partial charge is 0.481 e. The van der Waals surface area contributed by atoms with Crippen molar-refractivity contribution >= 4 is 35.2 Å². The smallest absolute Gasteiger partial charge is 0.308 e. The molecule has 1 aliphatic rings. The Labute approximate surface area is 127 Å². The second kappa shape index (κ2) is 6.99. The number of aliphatic carboxylic acids is 1. The van der Waals surface area contributed by atoms with Crippen LogP contribution < -0.4 is 0 Å². The van der Waals surface area contributed by atoms with Crippen LogP contribution >= 0.6 is 23.4 Å². The van der Waals surface area contributed by atoms with Gasteiger partial charge in [0.15, 0.2) is 0 Å². The van der Waals surface area contributed by atoms with Crippen LogP contribution in [-0.4, -0.2) is 40.7 Å². The van der Waals surface area contributed by atoms with Gasteiger partial charge in [0.25, 0.3) is 0 Å². The Bertz CT molecular complexity index is 509. The highest BCUT2D eigenvalue weighted by molar-refractivity contribution is 8.00. The standard InChI is InChI=1S/C14H16ClNO3S/c15-11-5-1-2-6-12(11)20-9-13(17)16-7-3-4-10(8-16)14(18)19/h1-2,5-6,10H,3-4,7-9H2,(H,18,19)/t10-/m0/s1. The summed E-state index contributed by atoms with van der Waals surface area (Å²) in [4.78, 5) is 25.6. The molecule has 20 heavy (non-hydrogen) atoms. The molecule has 1 atom stereocenters. The van der Waals surface area contributed by atoms with Crippen LogP contribution in [0.2, 0.25) is 5.02 Å². The minimum Gasteiger partial charge on any atom is -0.481 e. The first-order valence-electron chi connectivity index (χ1n) is 6.46. The van der Waals surface area contributed by atoms with Gasteiger partial charge in [0.1, 0.15) is 0 Å². The summed E-state index contributed by atoms with van der Waals surface area (Å²) in [5, 5.41) is 9.65. The fourth-order valence-electron chi connectivity index (χ4n) is 2.20. The number of hydrogen-bond acceptors (Lipinski definition) is 3. The van der Waals surface area contributed by atoms with Gasteiger partial charge in [0.05, 0.1) is 16.7 Å². The summed E-state index contributed by atoms with van der Waals surface area (Å²) >= 11 is 7.42. The third kappa shape index (κ3) is 3.90. The third-order valence-electron chi connectivity index (χ3n) is 3.31. The molecule has 0 unspecified atom stereocenters. The molecule has 1 heterocycles. The molecular formula is C14H16ClNO3S. The van der Waals surface area contributed by atoms with Crippen LogP contribution in [0.3, 0.4) is 0 Å². The molecule has 0 bridgehead atoms. The van der Waals surface area contributed by atoms with Gasteiger partial charge in [0.2, 0.25) is 5.91 Å². The summed E-state index contributed by atoms with van der Waals surface area (Å²) in [5.41, 5.74) is 0. The van der Waals surface area contributed by atoms with Gasteiger partial charge in [0, 0.05) is 18.0 Å². The number of hydrogen-bond donors (Lipinski definition) is 1. The lowest BCUT2D eigenvalue weighted by molar-refractivity contribution is -0.145. The van der Waals surface area contributed by atoms with Crippen molar-refractivity contribution in [2.45, 2.75) is 17.7 Å². The summed E-state index contributed by atoms with van der Waals surface area (Å²) in [6.07, 6.45) is 1.40. The summed E-state index contributed by atoms with van der Waals surface area (Å²) in [5.74, 6) is -0.990. The number of piperidine rings is 1. The van der Waals surface area contributed by atoms with Crippen LogP contribution in [0.1, 0.15) is 12.8 Å². The van der Waals surface area contributed by atoms with E-state index in [1.54, 1.807) is 11.0 Å². The van der Waals surface area contributed by atoms with E-state index in [1.165, 1.54) is 11.8 Å². The van der Waals surface area contributed by atoms with Crippen molar-refractivity contribution in [1.29, 1.82) is 0 Å². The maximum Gasteiger partial charge on any atom is 0.308 e. The number of carbonyl (C=O) groups excluding carboxylic acids is 1. The molecule has 1 amide bonds. The average molecular weight is 314 g/mol. The number of amides is 1. The molecule has 108 valence electrons. The SMILES string of the molecule is O=C(O)[C@H]1CCCN(C(=O)CSc2ccccc2Cl)C1. The first-order chi connectivity index (χ1) is 9.58. The van der Waals surface area contributed by atoms with Gasteiger partial charge < -0.3 is 10.0 Å². The Hall–Kier alpha value is -1.20. The minimum absolute atomic E-state index is 0.0270. The molecule has 1 aromatic rings. The highest BCUT2D eigenvalue weighted by Crippen LogP contribution is 2.27. The quantitative estimate of drug-likeness (QED) is 0.868. The molecule has 1 aromatic carbocycles. The first-order valence-corrected chi connectivity index (χ1v) is 7.82. The van der Waals surface area contributed by atoms with Crippen molar-refractivity contribution in [3.63, 3.8) is 0 Å². The zero-order valence-electron chi connectivity index (χ0n) is 10.9. The van der Waals surface area contributed by atoms with E-state index in [1.807, 2.05) is 18.2 Å². The molecule has 1 fully saturated rings. The van der Waals surface area contributed by atoms with Crippen LogP contribution in [-0.2, 0) is 9.59 Å². The number of nitrogens with zero attached hydrogens (tertiary/aromatic N) is 1. The van der Waals surface area contributed by atoms with E-state index in [0.29, 0.717) is 24.5 Å². The highest BCUT2D eigenvalue weighted by atomic mass is 35.5.